The fraction of sp³-hybridized carbons (Fsp3) is 0.130. The number of hydrogen-bond donors (Lipinski definition) is 1. The maximum atomic E-state index is 12.9. The van der Waals surface area contributed by atoms with Gasteiger partial charge >= 0.3 is 0 Å². The van der Waals surface area contributed by atoms with Crippen molar-refractivity contribution in [2.75, 3.05) is 5.32 Å². The van der Waals surface area contributed by atoms with Crippen molar-refractivity contribution in [3.8, 4) is 0 Å². The fourth-order valence-corrected chi connectivity index (χ4v) is 3.87. The highest BCUT2D eigenvalue weighted by molar-refractivity contribution is 7.07. The highest BCUT2D eigenvalue weighted by Gasteiger charge is 2.13. The number of carbonyl (C=O) groups is 1. The van der Waals surface area contributed by atoms with Crippen LogP contribution in [0.15, 0.2) is 59.6 Å². The van der Waals surface area contributed by atoms with Crippen LogP contribution in [0.4, 0.5) is 5.69 Å². The number of hydrogen-bond acceptors (Lipinski definition) is 5. The summed E-state index contributed by atoms with van der Waals surface area (Å²) in [7, 11) is 1.96. The Bertz CT molecular complexity index is 1360. The van der Waals surface area contributed by atoms with Crippen LogP contribution in [0.25, 0.3) is 17.8 Å². The van der Waals surface area contributed by atoms with E-state index in [4.69, 9.17) is 0 Å². The van der Waals surface area contributed by atoms with Gasteiger partial charge in [-0.2, -0.15) is 0 Å². The van der Waals surface area contributed by atoms with E-state index < -0.39 is 0 Å². The third-order valence-electron chi connectivity index (χ3n) is 4.77. The summed E-state index contributed by atoms with van der Waals surface area (Å²) in [6, 6.07) is 7.47. The van der Waals surface area contributed by atoms with Crippen LogP contribution >= 0.6 is 11.3 Å². The molecule has 150 valence electrons. The molecule has 1 aromatic carbocycles. The lowest BCUT2D eigenvalue weighted by atomic mass is 10.1. The summed E-state index contributed by atoms with van der Waals surface area (Å²) < 4.78 is 2.00. The molecule has 0 radical (unpaired) electrons. The van der Waals surface area contributed by atoms with Crippen LogP contribution in [0.1, 0.15) is 28.2 Å². The minimum absolute atomic E-state index is 0.262. The van der Waals surface area contributed by atoms with Gasteiger partial charge in [-0.05, 0) is 25.5 Å². The summed E-state index contributed by atoms with van der Waals surface area (Å²) in [6.07, 6.45) is 10.1. The lowest BCUT2D eigenvalue weighted by Gasteiger charge is -2.10. The molecule has 0 atom stereocenters. The molecule has 1 amide bonds. The van der Waals surface area contributed by atoms with Gasteiger partial charge in [-0.25, -0.2) is 9.98 Å². The van der Waals surface area contributed by atoms with Crippen molar-refractivity contribution in [2.45, 2.75) is 13.3 Å². The predicted octanol–water partition coefficient (Wildman–Crippen LogP) is 2.53. The van der Waals surface area contributed by atoms with E-state index in [1.165, 1.54) is 6.20 Å². The summed E-state index contributed by atoms with van der Waals surface area (Å²) in [6.45, 7) is 6.14. The van der Waals surface area contributed by atoms with Gasteiger partial charge in [-0.15, -0.1) is 11.3 Å². The van der Waals surface area contributed by atoms with Gasteiger partial charge in [0.1, 0.15) is 5.69 Å². The second kappa shape index (κ2) is 8.42. The number of nitrogens with one attached hydrogen (secondary N) is 1. The van der Waals surface area contributed by atoms with E-state index in [1.54, 1.807) is 11.3 Å². The monoisotopic (exact) mass is 415 g/mol. The maximum Gasteiger partial charge on any atom is 0.275 e. The summed E-state index contributed by atoms with van der Waals surface area (Å²) in [5.41, 5.74) is 3.34. The number of rotatable bonds is 4. The van der Waals surface area contributed by atoms with Crippen LogP contribution in [-0.4, -0.2) is 20.4 Å². The smallest absolute Gasteiger partial charge is 0.275 e. The lowest BCUT2D eigenvalue weighted by molar-refractivity contribution is 0.102. The average Bonchev–Trinajstić information content (AvgIpc) is 2.95. The van der Waals surface area contributed by atoms with Crippen LogP contribution in [0.2, 0.25) is 0 Å². The van der Waals surface area contributed by atoms with Crippen molar-refractivity contribution < 1.29 is 4.79 Å². The minimum Gasteiger partial charge on any atom is -0.324 e. The quantitative estimate of drug-likeness (QED) is 0.712. The number of aromatic nitrogens is 3. The summed E-state index contributed by atoms with van der Waals surface area (Å²) in [4.78, 5) is 27.2. The van der Waals surface area contributed by atoms with E-state index in [2.05, 4.69) is 26.9 Å². The van der Waals surface area contributed by atoms with Crippen molar-refractivity contribution >= 4 is 40.8 Å². The van der Waals surface area contributed by atoms with Gasteiger partial charge in [-0.3, -0.25) is 9.78 Å². The molecule has 2 heterocycles. The normalized spacial score (nSPS) is 13.1. The molecular weight excluding hydrogens is 394 g/mol. The Kier molecular flexibility index (Phi) is 5.54. The highest BCUT2D eigenvalue weighted by Crippen LogP contribution is 2.23. The number of aryl methyl sites for hydroxylation is 1. The van der Waals surface area contributed by atoms with Crippen LogP contribution in [0.3, 0.4) is 0 Å². The Morgan fingerprint density at radius 3 is 2.93 bits per heavy atom. The number of carbonyl (C=O) groups excluding carboxylic acids is 1. The Labute approximate surface area is 178 Å². The van der Waals surface area contributed by atoms with Crippen LogP contribution in [-0.2, 0) is 7.05 Å². The molecule has 0 aliphatic heterocycles. The molecule has 3 aromatic rings. The van der Waals surface area contributed by atoms with Crippen molar-refractivity contribution in [3.63, 3.8) is 0 Å². The predicted molar refractivity (Wildman–Crippen MR) is 121 cm³/mol. The van der Waals surface area contributed by atoms with Crippen molar-refractivity contribution in [2.24, 2.45) is 12.0 Å². The number of nitrogens with zero attached hydrogens (tertiary/aromatic N) is 4. The molecule has 2 aromatic heterocycles. The van der Waals surface area contributed by atoms with Crippen LogP contribution < -0.4 is 20.8 Å². The third-order valence-corrected chi connectivity index (χ3v) is 5.80. The molecule has 1 N–H and O–H groups in total. The number of para-hydroxylation sites is 1. The number of anilines is 1. The van der Waals surface area contributed by atoms with Gasteiger partial charge in [-0.1, -0.05) is 43.0 Å². The maximum absolute atomic E-state index is 12.9. The first-order valence-corrected chi connectivity index (χ1v) is 10.4. The van der Waals surface area contributed by atoms with Gasteiger partial charge in [0.15, 0.2) is 4.80 Å². The molecule has 6 nitrogen and oxygen atoms in total. The van der Waals surface area contributed by atoms with Gasteiger partial charge < -0.3 is 9.88 Å². The van der Waals surface area contributed by atoms with Crippen LogP contribution in [0, 0.1) is 6.92 Å². The number of fused-ring (bicyclic) bond motifs is 1. The Balaban J connectivity index is 1.64. The zero-order valence-corrected chi connectivity index (χ0v) is 17.6. The number of allylic oxidation sites excluding steroid dienone is 2. The van der Waals surface area contributed by atoms with E-state index >= 15 is 0 Å². The first kappa shape index (κ1) is 19.7. The van der Waals surface area contributed by atoms with Gasteiger partial charge in [0.2, 0.25) is 0 Å². The molecule has 0 fully saturated rings. The zero-order valence-electron chi connectivity index (χ0n) is 16.8. The number of amides is 1. The molecule has 7 heteroatoms. The van der Waals surface area contributed by atoms with E-state index in [0.717, 1.165) is 27.8 Å². The Morgan fingerprint density at radius 1 is 1.30 bits per heavy atom. The lowest BCUT2D eigenvalue weighted by Crippen LogP contribution is -2.33. The topological polar surface area (TPSA) is 72.2 Å². The molecule has 30 heavy (non-hydrogen) atoms. The summed E-state index contributed by atoms with van der Waals surface area (Å²) in [5, 5.41) is 6.44. The van der Waals surface area contributed by atoms with Crippen molar-refractivity contribution in [1.82, 2.24) is 14.5 Å². The largest absolute Gasteiger partial charge is 0.324 e. The number of benzene rings is 1. The Hall–Kier alpha value is -3.58. The number of thiazole rings is 1. The molecule has 0 saturated heterocycles. The first-order chi connectivity index (χ1) is 14.5. The van der Waals surface area contributed by atoms with Crippen molar-refractivity contribution in [1.29, 1.82) is 0 Å². The summed E-state index contributed by atoms with van der Waals surface area (Å²) >= 11 is 1.55. The van der Waals surface area contributed by atoms with Crippen LogP contribution in [0.5, 0.6) is 0 Å². The van der Waals surface area contributed by atoms with Crippen molar-refractivity contribution in [3.05, 3.63) is 87.0 Å². The molecular formula is C23H21N5OS. The van der Waals surface area contributed by atoms with Gasteiger partial charge in [0.25, 0.3) is 5.91 Å². The molecule has 0 unspecified atom stereocenters. The Morgan fingerprint density at radius 2 is 2.13 bits per heavy atom. The molecule has 1 aliphatic carbocycles. The minimum atomic E-state index is -0.325. The fourth-order valence-electron chi connectivity index (χ4n) is 2.97. The molecule has 0 bridgehead atoms. The van der Waals surface area contributed by atoms with Gasteiger partial charge in [0.05, 0.1) is 28.3 Å². The molecule has 0 spiro atoms. The zero-order chi connectivity index (χ0) is 21.1. The SMILES string of the molecule is C=C(N=c1scc(C)n1C)c1ccccc1NC(=O)c1cnc2c(n1)=CCC=CC=2. The van der Waals surface area contributed by atoms with E-state index in [-0.39, 0.29) is 11.6 Å². The second-order valence-corrected chi connectivity index (χ2v) is 7.67. The van der Waals surface area contributed by atoms with E-state index in [1.807, 2.05) is 72.5 Å². The highest BCUT2D eigenvalue weighted by atomic mass is 32.1. The van der Waals surface area contributed by atoms with E-state index in [0.29, 0.717) is 16.7 Å². The molecule has 4 rings (SSSR count). The first-order valence-electron chi connectivity index (χ1n) is 9.48. The summed E-state index contributed by atoms with van der Waals surface area (Å²) in [5.74, 6) is -0.325. The average molecular weight is 416 g/mol. The second-order valence-electron chi connectivity index (χ2n) is 6.84. The molecule has 0 saturated carbocycles. The van der Waals surface area contributed by atoms with Gasteiger partial charge in [0, 0.05) is 23.7 Å². The molecule has 1 aliphatic rings. The van der Waals surface area contributed by atoms with E-state index in [9.17, 15) is 4.79 Å². The standard InChI is InChI=1S/C23H21N5OS/c1-15-14-30-23(28(15)3)25-16(2)17-9-7-8-10-18(17)27-22(29)21-13-24-19-11-5-4-6-12-20(19)26-21/h4-5,7-14H,2,6H2,1,3H3,(H,27,29). The third kappa shape index (κ3) is 4.06.